The molecule has 39 heavy (non-hydrogen) atoms. The van der Waals surface area contributed by atoms with Crippen LogP contribution in [0, 0.1) is 0 Å². The van der Waals surface area contributed by atoms with Crippen LogP contribution in [0.1, 0.15) is 32.7 Å². The van der Waals surface area contributed by atoms with E-state index in [0.29, 0.717) is 54.6 Å². The quantitative estimate of drug-likeness (QED) is 0.478. The van der Waals surface area contributed by atoms with Gasteiger partial charge in [-0.15, -0.1) is 0 Å². The number of rotatable bonds is 4. The van der Waals surface area contributed by atoms with Crippen molar-refractivity contribution < 1.29 is 22.7 Å². The van der Waals surface area contributed by atoms with Gasteiger partial charge in [0.2, 0.25) is 10.0 Å². The van der Waals surface area contributed by atoms with Crippen molar-refractivity contribution in [1.82, 2.24) is 19.0 Å². The van der Waals surface area contributed by atoms with Crippen molar-refractivity contribution in [3.8, 4) is 5.75 Å². The lowest BCUT2D eigenvalue weighted by Crippen LogP contribution is -2.54. The number of carbonyl (C=O) groups excluding carboxylic acids is 2. The highest BCUT2D eigenvalue weighted by Gasteiger charge is 2.42. The lowest BCUT2D eigenvalue weighted by Gasteiger charge is -2.34. The fraction of sp³-hybridized carbons (Fsp3) is 0.370. The zero-order valence-corrected chi connectivity index (χ0v) is 23.2. The number of carbonyl (C=O) groups is 2. The topological polar surface area (TPSA) is 105 Å². The number of fused-ring (bicyclic) bond motifs is 4. The van der Waals surface area contributed by atoms with E-state index in [0.717, 1.165) is 16.7 Å². The molecule has 3 aliphatic rings. The molecule has 0 radical (unpaired) electrons. The Morgan fingerprint density at radius 3 is 2.54 bits per heavy atom. The first-order chi connectivity index (χ1) is 18.6. The Bertz CT molecular complexity index is 1590. The molecule has 0 unspecified atom stereocenters. The Balaban J connectivity index is 1.27. The van der Waals surface area contributed by atoms with Crippen LogP contribution in [-0.2, 0) is 40.7 Å². The van der Waals surface area contributed by atoms with Gasteiger partial charge in [-0.25, -0.2) is 13.1 Å². The molecule has 6 rings (SSSR count). The second-order valence-corrected chi connectivity index (χ2v) is 12.5. The number of hydrogen-bond acceptors (Lipinski definition) is 6. The molecule has 0 saturated heterocycles. The van der Waals surface area contributed by atoms with E-state index in [1.165, 1.54) is 15.5 Å². The van der Waals surface area contributed by atoms with E-state index in [1.807, 2.05) is 36.4 Å². The van der Waals surface area contributed by atoms with Crippen LogP contribution in [0.4, 0.5) is 5.69 Å². The number of benzene rings is 2. The maximum absolute atomic E-state index is 13.8. The number of hydrogen-bond donors (Lipinski definition) is 0. The van der Waals surface area contributed by atoms with Crippen LogP contribution in [0.5, 0.6) is 5.75 Å². The summed E-state index contributed by atoms with van der Waals surface area (Å²) in [6.45, 7) is 1.32. The van der Waals surface area contributed by atoms with Crippen molar-refractivity contribution in [2.24, 2.45) is 0 Å². The molecule has 0 bridgehead atoms. The molecule has 2 aromatic carbocycles. The van der Waals surface area contributed by atoms with Crippen LogP contribution in [0.3, 0.4) is 0 Å². The predicted molar refractivity (Wildman–Crippen MR) is 146 cm³/mol. The summed E-state index contributed by atoms with van der Waals surface area (Å²) in [5.41, 5.74) is 4.33. The van der Waals surface area contributed by atoms with Crippen molar-refractivity contribution in [1.29, 1.82) is 0 Å². The zero-order chi connectivity index (χ0) is 27.5. The van der Waals surface area contributed by atoms with Gasteiger partial charge >= 0.3 is 0 Å². The SMILES string of the molecule is CN1C(=O)[C@@H](N2CCc3c(nn(Cc4ccccc4)c3Cl)C2=O)COc2ccc3c(c21)CCN(S(C)(=O)=O)C3. The zero-order valence-electron chi connectivity index (χ0n) is 21.6. The average Bonchev–Trinajstić information content (AvgIpc) is 3.17. The summed E-state index contributed by atoms with van der Waals surface area (Å²) < 4.78 is 33.4. The van der Waals surface area contributed by atoms with Crippen molar-refractivity contribution in [3.05, 3.63) is 75.6 Å². The van der Waals surface area contributed by atoms with Crippen LogP contribution in [0.2, 0.25) is 5.15 Å². The first-order valence-corrected chi connectivity index (χ1v) is 15.0. The van der Waals surface area contributed by atoms with Crippen LogP contribution in [0.15, 0.2) is 42.5 Å². The van der Waals surface area contributed by atoms with Gasteiger partial charge in [-0.1, -0.05) is 48.0 Å². The van der Waals surface area contributed by atoms with Gasteiger partial charge in [0.25, 0.3) is 11.8 Å². The molecule has 12 heteroatoms. The Hall–Kier alpha value is -3.41. The highest BCUT2D eigenvalue weighted by atomic mass is 35.5. The molecule has 4 heterocycles. The number of ether oxygens (including phenoxy) is 1. The van der Waals surface area contributed by atoms with Gasteiger partial charge in [0.1, 0.15) is 23.6 Å². The Morgan fingerprint density at radius 2 is 1.79 bits per heavy atom. The molecule has 2 amide bonds. The maximum Gasteiger partial charge on any atom is 0.275 e. The first kappa shape index (κ1) is 25.8. The van der Waals surface area contributed by atoms with E-state index >= 15 is 0 Å². The van der Waals surface area contributed by atoms with Gasteiger partial charge in [-0.2, -0.15) is 9.40 Å². The number of halogens is 1. The van der Waals surface area contributed by atoms with E-state index < -0.39 is 16.1 Å². The van der Waals surface area contributed by atoms with Crippen LogP contribution >= 0.6 is 11.6 Å². The van der Waals surface area contributed by atoms with E-state index in [-0.39, 0.29) is 30.7 Å². The minimum atomic E-state index is -3.33. The molecule has 204 valence electrons. The van der Waals surface area contributed by atoms with Crippen LogP contribution in [-0.4, -0.2) is 78.3 Å². The lowest BCUT2D eigenvalue weighted by atomic mass is 9.97. The molecule has 0 fully saturated rings. The molecule has 0 saturated carbocycles. The number of amides is 2. The van der Waals surface area contributed by atoms with Crippen molar-refractivity contribution in [2.45, 2.75) is 32.0 Å². The molecule has 10 nitrogen and oxygen atoms in total. The van der Waals surface area contributed by atoms with E-state index in [4.69, 9.17) is 16.3 Å². The standard InChI is InChI=1S/C27H28ClN5O5S/c1-30-24-19-10-12-31(39(2,36)37)15-18(19)8-9-22(24)38-16-21(26(30)34)32-13-11-20-23(27(32)35)29-33(25(20)28)14-17-6-4-3-5-7-17/h3-9,21H,10-16H2,1-2H3/t21-/m0/s1. The number of anilines is 1. The number of aromatic nitrogens is 2. The molecule has 3 aromatic rings. The van der Waals surface area contributed by atoms with Crippen LogP contribution < -0.4 is 9.64 Å². The molecule has 3 aliphatic heterocycles. The Morgan fingerprint density at radius 1 is 1.05 bits per heavy atom. The molecular formula is C27H28ClN5O5S. The molecule has 0 spiro atoms. The van der Waals surface area contributed by atoms with Crippen molar-refractivity contribution >= 4 is 39.1 Å². The fourth-order valence-electron chi connectivity index (χ4n) is 5.65. The van der Waals surface area contributed by atoms with Crippen molar-refractivity contribution in [2.75, 3.05) is 37.9 Å². The third kappa shape index (κ3) is 4.48. The largest absolute Gasteiger partial charge is 0.489 e. The summed E-state index contributed by atoms with van der Waals surface area (Å²) in [6.07, 6.45) is 2.14. The predicted octanol–water partition coefficient (Wildman–Crippen LogP) is 2.32. The summed E-state index contributed by atoms with van der Waals surface area (Å²) in [5.74, 6) is -0.0726. The summed E-state index contributed by atoms with van der Waals surface area (Å²) in [5, 5.41) is 4.97. The van der Waals surface area contributed by atoms with Gasteiger partial charge in [0.15, 0.2) is 5.69 Å². The normalized spacial score (nSPS) is 19.7. The van der Waals surface area contributed by atoms with E-state index in [9.17, 15) is 18.0 Å². The van der Waals surface area contributed by atoms with Gasteiger partial charge in [-0.05, 0) is 35.6 Å². The minimum absolute atomic E-state index is 0.00392. The summed E-state index contributed by atoms with van der Waals surface area (Å²) in [4.78, 5) is 30.5. The maximum atomic E-state index is 13.8. The molecular weight excluding hydrogens is 542 g/mol. The fourth-order valence-corrected chi connectivity index (χ4v) is 6.73. The van der Waals surface area contributed by atoms with Gasteiger partial charge in [0, 0.05) is 32.2 Å². The summed E-state index contributed by atoms with van der Waals surface area (Å²) in [7, 11) is -1.66. The van der Waals surface area contributed by atoms with E-state index in [1.54, 1.807) is 22.7 Å². The third-order valence-electron chi connectivity index (χ3n) is 7.72. The highest BCUT2D eigenvalue weighted by Crippen LogP contribution is 2.40. The monoisotopic (exact) mass is 569 g/mol. The summed E-state index contributed by atoms with van der Waals surface area (Å²) >= 11 is 6.62. The molecule has 0 N–H and O–H groups in total. The second kappa shape index (κ2) is 9.65. The van der Waals surface area contributed by atoms with Crippen LogP contribution in [0.25, 0.3) is 0 Å². The second-order valence-electron chi connectivity index (χ2n) is 10.1. The van der Waals surface area contributed by atoms with E-state index in [2.05, 4.69) is 5.10 Å². The number of nitrogens with zero attached hydrogens (tertiary/aromatic N) is 5. The summed E-state index contributed by atoms with van der Waals surface area (Å²) in [6, 6.07) is 12.5. The number of likely N-dealkylation sites (N-methyl/N-ethyl adjacent to an activating group) is 1. The van der Waals surface area contributed by atoms with Gasteiger partial charge in [0.05, 0.1) is 18.5 Å². The molecule has 1 aromatic heterocycles. The third-order valence-corrected chi connectivity index (χ3v) is 9.39. The Kier molecular flexibility index (Phi) is 6.40. The average molecular weight is 570 g/mol. The smallest absolute Gasteiger partial charge is 0.275 e. The van der Waals surface area contributed by atoms with Crippen molar-refractivity contribution in [3.63, 3.8) is 0 Å². The lowest BCUT2D eigenvalue weighted by molar-refractivity contribution is -0.123. The Labute approximate surface area is 231 Å². The minimum Gasteiger partial charge on any atom is -0.489 e. The molecule has 0 aliphatic carbocycles. The molecule has 1 atom stereocenters. The van der Waals surface area contributed by atoms with Gasteiger partial charge in [-0.3, -0.25) is 9.59 Å². The van der Waals surface area contributed by atoms with Gasteiger partial charge < -0.3 is 14.5 Å². The first-order valence-electron chi connectivity index (χ1n) is 12.7. The highest BCUT2D eigenvalue weighted by molar-refractivity contribution is 7.88. The number of sulfonamides is 1.